The zero-order chi connectivity index (χ0) is 28.4. The van der Waals surface area contributed by atoms with Gasteiger partial charge in [-0.25, -0.2) is 0 Å². The summed E-state index contributed by atoms with van der Waals surface area (Å²) in [5.41, 5.74) is 4.52. The third kappa shape index (κ3) is 8.43. The molecule has 0 radical (unpaired) electrons. The quantitative estimate of drug-likeness (QED) is 0.131. The lowest BCUT2D eigenvalue weighted by atomic mass is 9.98. The van der Waals surface area contributed by atoms with E-state index in [2.05, 4.69) is 40.6 Å². The van der Waals surface area contributed by atoms with E-state index < -0.39 is 11.4 Å². The van der Waals surface area contributed by atoms with Gasteiger partial charge in [-0.2, -0.15) is 4.57 Å². The number of aliphatic imine (C=N–C) groups is 1. The molecular formula is C33H35N3O4. The number of anilines is 1. The van der Waals surface area contributed by atoms with Crippen LogP contribution in [0.5, 0.6) is 5.75 Å². The van der Waals surface area contributed by atoms with Gasteiger partial charge in [0.1, 0.15) is 5.75 Å². The fourth-order valence-electron chi connectivity index (χ4n) is 3.98. The zero-order valence-electron chi connectivity index (χ0n) is 23.2. The summed E-state index contributed by atoms with van der Waals surface area (Å²) in [6.07, 6.45) is 4.38. The van der Waals surface area contributed by atoms with E-state index in [1.54, 1.807) is 29.1 Å². The van der Waals surface area contributed by atoms with Crippen molar-refractivity contribution in [3.63, 3.8) is 0 Å². The summed E-state index contributed by atoms with van der Waals surface area (Å²) < 4.78 is 13.0. The van der Waals surface area contributed by atoms with Crippen molar-refractivity contribution in [1.82, 2.24) is 0 Å². The third-order valence-corrected chi connectivity index (χ3v) is 6.13. The monoisotopic (exact) mass is 537 g/mol. The third-order valence-electron chi connectivity index (χ3n) is 6.13. The molecule has 0 saturated carbocycles. The lowest BCUT2D eigenvalue weighted by Crippen LogP contribution is -2.38. The summed E-state index contributed by atoms with van der Waals surface area (Å²) in [4.78, 5) is 16.1. The van der Waals surface area contributed by atoms with Crippen LogP contribution in [0.4, 0.5) is 5.69 Å². The molecule has 0 aliphatic heterocycles. The lowest BCUT2D eigenvalue weighted by molar-refractivity contribution is -0.728. The number of aromatic nitrogens is 1. The van der Waals surface area contributed by atoms with E-state index in [0.29, 0.717) is 12.3 Å². The first-order valence-corrected chi connectivity index (χ1v) is 13.3. The fraction of sp³-hybridized carbons (Fsp3) is 0.242. The Hall–Kier alpha value is -4.65. The minimum atomic E-state index is -0.565. The Bertz CT molecular complexity index is 1430. The van der Waals surface area contributed by atoms with Crippen molar-refractivity contribution in [2.75, 3.05) is 11.9 Å². The summed E-state index contributed by atoms with van der Waals surface area (Å²) in [5.74, 6) is 0.451. The van der Waals surface area contributed by atoms with Crippen LogP contribution in [-0.4, -0.2) is 18.6 Å². The van der Waals surface area contributed by atoms with E-state index in [1.807, 2.05) is 69.3 Å². The van der Waals surface area contributed by atoms with Gasteiger partial charge in [-0.1, -0.05) is 54.6 Å². The smallest absolute Gasteiger partial charge is 0.316 e. The first-order valence-electron chi connectivity index (χ1n) is 13.3. The Labute approximate surface area is 235 Å². The molecule has 7 heteroatoms. The second-order valence-corrected chi connectivity index (χ2v) is 10.4. The lowest BCUT2D eigenvalue weighted by Gasteiger charge is -2.15. The van der Waals surface area contributed by atoms with Gasteiger partial charge in [0.15, 0.2) is 12.4 Å². The number of hydrogen-bond donors (Lipinski definition) is 1. The van der Waals surface area contributed by atoms with E-state index >= 15 is 0 Å². The molecule has 0 fully saturated rings. The highest BCUT2D eigenvalue weighted by atomic mass is 16.5. The van der Waals surface area contributed by atoms with Gasteiger partial charge in [0.2, 0.25) is 0 Å². The first-order chi connectivity index (χ1) is 19.3. The van der Waals surface area contributed by atoms with Crippen molar-refractivity contribution in [3.8, 4) is 16.9 Å². The van der Waals surface area contributed by atoms with Crippen LogP contribution in [0, 0.1) is 5.41 Å². The van der Waals surface area contributed by atoms with Crippen molar-refractivity contribution in [2.24, 2.45) is 10.4 Å². The van der Waals surface area contributed by atoms with E-state index in [4.69, 9.17) is 9.47 Å². The molecule has 0 aliphatic carbocycles. The molecule has 206 valence electrons. The molecular weight excluding hydrogens is 502 g/mol. The van der Waals surface area contributed by atoms with Crippen LogP contribution in [-0.2, 0) is 29.2 Å². The summed E-state index contributed by atoms with van der Waals surface area (Å²) in [6, 6.07) is 29.2. The van der Waals surface area contributed by atoms with Crippen molar-refractivity contribution < 1.29 is 23.9 Å². The highest BCUT2D eigenvalue weighted by Crippen LogP contribution is 2.24. The average Bonchev–Trinajstić information content (AvgIpc) is 2.96. The number of nitrogens with zero attached hydrogens (tertiary/aromatic N) is 2. The molecule has 1 heterocycles. The molecule has 4 rings (SSSR count). The number of benzene rings is 3. The minimum Gasteiger partial charge on any atom is -0.846 e. The van der Waals surface area contributed by atoms with Crippen molar-refractivity contribution in [3.05, 3.63) is 115 Å². The van der Waals surface area contributed by atoms with Crippen LogP contribution in [0.3, 0.4) is 0 Å². The number of carbonyl (C=O) groups excluding carboxylic acids is 1. The van der Waals surface area contributed by atoms with Gasteiger partial charge in [0, 0.05) is 23.7 Å². The average molecular weight is 538 g/mol. The van der Waals surface area contributed by atoms with Crippen LogP contribution >= 0.6 is 0 Å². The number of nitrogens with one attached hydrogen (secondary N) is 1. The normalized spacial score (nSPS) is 11.6. The maximum atomic E-state index is 12.4. The number of esters is 1. The van der Waals surface area contributed by atoms with Crippen LogP contribution in [0.1, 0.15) is 31.9 Å². The second-order valence-electron chi connectivity index (χ2n) is 10.4. The highest BCUT2D eigenvalue weighted by Gasteiger charge is 2.24. The van der Waals surface area contributed by atoms with Gasteiger partial charge in [-0.05, 0) is 67.8 Å². The van der Waals surface area contributed by atoms with Gasteiger partial charge < -0.3 is 19.9 Å². The summed E-state index contributed by atoms with van der Waals surface area (Å²) in [6.45, 7) is 6.26. The Morgan fingerprint density at radius 3 is 2.40 bits per heavy atom. The Kier molecular flexibility index (Phi) is 9.52. The van der Waals surface area contributed by atoms with Gasteiger partial charge in [0.05, 0.1) is 24.6 Å². The topological polar surface area (TPSA) is 86.9 Å². The molecule has 7 nitrogen and oxygen atoms in total. The Morgan fingerprint density at radius 1 is 0.925 bits per heavy atom. The fourth-order valence-corrected chi connectivity index (χ4v) is 3.98. The first kappa shape index (κ1) is 28.4. The number of pyridine rings is 1. The predicted molar refractivity (Wildman–Crippen MR) is 154 cm³/mol. The molecule has 0 amide bonds. The molecule has 4 aromatic rings. The summed E-state index contributed by atoms with van der Waals surface area (Å²) in [5, 5.41) is 15.2. The molecule has 0 spiro atoms. The largest absolute Gasteiger partial charge is 0.846 e. The van der Waals surface area contributed by atoms with Crippen LogP contribution in [0.25, 0.3) is 11.1 Å². The number of rotatable bonds is 10. The zero-order valence-corrected chi connectivity index (χ0v) is 23.2. The second kappa shape index (κ2) is 13.4. The number of amidine groups is 1. The Balaban J connectivity index is 1.25. The maximum Gasteiger partial charge on any atom is 0.316 e. The number of hydrogen-bond acceptors (Lipinski definition) is 5. The number of ether oxygens (including phenoxy) is 2. The molecule has 40 heavy (non-hydrogen) atoms. The molecule has 1 N–H and O–H groups in total. The Morgan fingerprint density at radius 2 is 1.65 bits per heavy atom. The predicted octanol–water partition coefficient (Wildman–Crippen LogP) is 5.14. The molecule has 3 aromatic carbocycles. The van der Waals surface area contributed by atoms with Gasteiger partial charge in [0.25, 0.3) is 6.73 Å². The van der Waals surface area contributed by atoms with Crippen molar-refractivity contribution >= 4 is 17.7 Å². The van der Waals surface area contributed by atoms with E-state index in [0.717, 1.165) is 17.7 Å². The molecule has 0 saturated heterocycles. The minimum absolute atomic E-state index is 0.101. The van der Waals surface area contributed by atoms with E-state index in [9.17, 15) is 9.90 Å². The standard InChI is InChI=1S/C33H35N3O4/c1-33(2,3)31(37)40-24-36-20-9-10-25(23-36)22-34-32(38)35-28-15-17-29(18-16-28)39-21-19-27-13-7-8-14-30(27)26-11-5-4-6-12-26/h4-18,20,23H,19,21-22,24H2,1-3H3,(H-,34,35,38). The molecule has 0 aliphatic rings. The molecule has 0 atom stereocenters. The van der Waals surface area contributed by atoms with Crippen molar-refractivity contribution in [2.45, 2.75) is 40.5 Å². The van der Waals surface area contributed by atoms with Crippen molar-refractivity contribution in [1.29, 1.82) is 0 Å². The van der Waals surface area contributed by atoms with Gasteiger partial charge in [-0.3, -0.25) is 9.79 Å². The molecule has 1 aromatic heterocycles. The molecule has 0 bridgehead atoms. The van der Waals surface area contributed by atoms with Gasteiger partial charge >= 0.3 is 5.97 Å². The van der Waals surface area contributed by atoms with Gasteiger partial charge in [-0.15, -0.1) is 0 Å². The SMILES string of the molecule is CC(C)(C)C(=O)OC[n+]1cccc(CN=C([O-])Nc2ccc(OCCc3ccccc3-c3ccccc3)cc2)c1. The summed E-state index contributed by atoms with van der Waals surface area (Å²) in [7, 11) is 0. The van der Waals surface area contributed by atoms with Crippen LogP contribution in [0.15, 0.2) is 108 Å². The van der Waals surface area contributed by atoms with Crippen LogP contribution in [0.2, 0.25) is 0 Å². The number of carbonyl (C=O) groups is 1. The van der Waals surface area contributed by atoms with Crippen LogP contribution < -0.4 is 19.7 Å². The van der Waals surface area contributed by atoms with E-state index in [1.165, 1.54) is 16.7 Å². The highest BCUT2D eigenvalue weighted by molar-refractivity contribution is 5.85. The van der Waals surface area contributed by atoms with E-state index in [-0.39, 0.29) is 19.2 Å². The molecule has 0 unspecified atom stereocenters. The maximum absolute atomic E-state index is 12.4. The summed E-state index contributed by atoms with van der Waals surface area (Å²) >= 11 is 0.